The van der Waals surface area contributed by atoms with E-state index in [-0.39, 0.29) is 12.0 Å². The van der Waals surface area contributed by atoms with Crippen LogP contribution in [-0.4, -0.2) is 6.10 Å². The lowest BCUT2D eigenvalue weighted by atomic mass is 9.60. The third-order valence-corrected chi connectivity index (χ3v) is 16.6. The van der Waals surface area contributed by atoms with Gasteiger partial charge in [-0.15, -0.1) is 0 Å². The first kappa shape index (κ1) is 42.4. The van der Waals surface area contributed by atoms with E-state index >= 15 is 0 Å². The number of nitrogens with zero attached hydrogens (tertiary/aromatic N) is 1. The van der Waals surface area contributed by atoms with Gasteiger partial charge in [0.1, 0.15) is 11.9 Å². The fraction of sp³-hybridized carbons (Fsp3) is 0.0556. The Morgan fingerprint density at radius 2 is 0.959 bits per heavy atom. The molecule has 0 amide bonds. The van der Waals surface area contributed by atoms with Crippen molar-refractivity contribution in [3.63, 3.8) is 0 Å². The van der Waals surface area contributed by atoms with Crippen molar-refractivity contribution in [2.75, 3.05) is 4.90 Å². The van der Waals surface area contributed by atoms with Gasteiger partial charge in [0.25, 0.3) is 0 Å². The minimum Gasteiger partial charge on any atom is -0.485 e. The molecule has 74 heavy (non-hydrogen) atoms. The third kappa shape index (κ3) is 6.00. The summed E-state index contributed by atoms with van der Waals surface area (Å²) in [4.78, 5) is 2.54. The molecule has 0 N–H and O–H groups in total. The van der Waals surface area contributed by atoms with Gasteiger partial charge in [0.05, 0.1) is 16.5 Å². The summed E-state index contributed by atoms with van der Waals surface area (Å²) in [6, 6.07) is 97.0. The van der Waals surface area contributed by atoms with Gasteiger partial charge in [-0.2, -0.15) is 0 Å². The van der Waals surface area contributed by atoms with Crippen molar-refractivity contribution in [1.82, 2.24) is 0 Å². The van der Waals surface area contributed by atoms with Crippen molar-refractivity contribution in [3.05, 3.63) is 324 Å². The molecule has 2 heteroatoms. The third-order valence-electron chi connectivity index (χ3n) is 16.6. The predicted octanol–water partition coefficient (Wildman–Crippen LogP) is 17.8. The maximum absolute atomic E-state index is 6.89. The minimum absolute atomic E-state index is 0.0319. The van der Waals surface area contributed by atoms with Gasteiger partial charge in [0.2, 0.25) is 0 Å². The summed E-state index contributed by atoms with van der Waals surface area (Å²) in [6.45, 7) is 0. The predicted molar refractivity (Wildman–Crippen MR) is 305 cm³/mol. The van der Waals surface area contributed by atoms with Crippen LogP contribution in [0, 0.1) is 5.92 Å². The molecule has 3 atom stereocenters. The maximum atomic E-state index is 6.89. The molecule has 348 valence electrons. The zero-order chi connectivity index (χ0) is 48.8. The first-order chi connectivity index (χ1) is 36.7. The van der Waals surface area contributed by atoms with Crippen LogP contribution in [0.3, 0.4) is 0 Å². The fourth-order valence-electron chi connectivity index (χ4n) is 13.7. The highest BCUT2D eigenvalue weighted by Gasteiger charge is 2.56. The second kappa shape index (κ2) is 16.7. The number of anilines is 3. The van der Waals surface area contributed by atoms with E-state index in [0.29, 0.717) is 0 Å². The normalized spacial score (nSPS) is 17.9. The quantitative estimate of drug-likeness (QED) is 0.158. The van der Waals surface area contributed by atoms with E-state index < -0.39 is 10.8 Å². The van der Waals surface area contributed by atoms with Crippen molar-refractivity contribution in [3.8, 4) is 50.3 Å². The van der Waals surface area contributed by atoms with Crippen molar-refractivity contribution in [1.29, 1.82) is 0 Å². The molecule has 0 fully saturated rings. The van der Waals surface area contributed by atoms with Crippen LogP contribution in [0.15, 0.2) is 285 Å². The molecule has 1 aliphatic heterocycles. The lowest BCUT2D eigenvalue weighted by Gasteiger charge is -2.47. The largest absolute Gasteiger partial charge is 0.485 e. The highest BCUT2D eigenvalue weighted by molar-refractivity contribution is 6.05. The summed E-state index contributed by atoms with van der Waals surface area (Å²) in [7, 11) is 0. The van der Waals surface area contributed by atoms with Crippen LogP contribution >= 0.6 is 0 Å². The zero-order valence-electron chi connectivity index (χ0n) is 40.6. The number of hydrogen-bond acceptors (Lipinski definition) is 2. The molecule has 3 aliphatic carbocycles. The Labute approximate surface area is 432 Å². The van der Waals surface area contributed by atoms with Gasteiger partial charge >= 0.3 is 0 Å². The van der Waals surface area contributed by atoms with Crippen LogP contribution in [0.2, 0.25) is 0 Å². The van der Waals surface area contributed by atoms with Crippen LogP contribution in [0.4, 0.5) is 17.1 Å². The van der Waals surface area contributed by atoms with E-state index in [4.69, 9.17) is 4.74 Å². The standard InChI is InChI=1S/C72H49NO/c1-4-22-50(23-5-1)69-55-28-11-10-21-48(55)41-45-56(69)49-39-42-53(43-40-49)73(54-44-46-58-57-29-12-14-31-60(57)71(65(58)47-54,51-24-6-2-7-25-51)52-26-8-3-9-27-52)66-36-20-35-64-70(66)59-30-13-15-32-61(59)72(64)62-33-16-18-37-67(62)74-68-38-19-17-34-63(68)72/h1-47,62,67H. The van der Waals surface area contributed by atoms with Gasteiger partial charge in [-0.3, -0.25) is 0 Å². The summed E-state index contributed by atoms with van der Waals surface area (Å²) in [5.41, 5.74) is 20.9. The van der Waals surface area contributed by atoms with E-state index in [2.05, 4.69) is 290 Å². The molecular formula is C72H49NO. The molecule has 0 aromatic heterocycles. The van der Waals surface area contributed by atoms with Crippen LogP contribution in [-0.2, 0) is 10.8 Å². The van der Waals surface area contributed by atoms with Crippen LogP contribution in [0.25, 0.3) is 55.3 Å². The molecule has 0 saturated heterocycles. The van der Waals surface area contributed by atoms with Crippen molar-refractivity contribution in [2.45, 2.75) is 16.9 Å². The molecule has 2 nitrogen and oxygen atoms in total. The SMILES string of the molecule is C1=CC2Oc3ccccc3C3(c4ccccc4-c4c(N(c5ccc(-c6ccc7ccccc7c6-c6ccccc6)cc5)c5ccc6c(c5)C(c5ccccc5)(c5ccccc5)c5ccccc5-6)cccc43)C2C=C1. The lowest BCUT2D eigenvalue weighted by Crippen LogP contribution is -2.47. The number of allylic oxidation sites excluding steroid dienone is 2. The number of para-hydroxylation sites is 1. The molecule has 4 aliphatic rings. The Kier molecular flexibility index (Phi) is 9.56. The molecule has 1 heterocycles. The van der Waals surface area contributed by atoms with Gasteiger partial charge in [-0.1, -0.05) is 243 Å². The maximum Gasteiger partial charge on any atom is 0.125 e. The average molecular weight is 944 g/mol. The molecule has 3 unspecified atom stereocenters. The minimum atomic E-state index is -0.569. The van der Waals surface area contributed by atoms with Gasteiger partial charge in [-0.05, 0) is 126 Å². The Bertz CT molecular complexity index is 4020. The fourth-order valence-corrected chi connectivity index (χ4v) is 13.7. The molecule has 11 aromatic rings. The summed E-state index contributed by atoms with van der Waals surface area (Å²) >= 11 is 0. The topological polar surface area (TPSA) is 12.5 Å². The molecule has 0 bridgehead atoms. The number of benzene rings is 11. The van der Waals surface area contributed by atoms with E-state index in [9.17, 15) is 0 Å². The zero-order valence-corrected chi connectivity index (χ0v) is 40.6. The van der Waals surface area contributed by atoms with Crippen molar-refractivity contribution in [2.24, 2.45) is 5.92 Å². The Balaban J connectivity index is 0.999. The number of rotatable bonds is 7. The highest BCUT2D eigenvalue weighted by atomic mass is 16.5. The van der Waals surface area contributed by atoms with E-state index in [1.807, 2.05) is 0 Å². The second-order valence-corrected chi connectivity index (χ2v) is 20.1. The molecule has 1 spiro atoms. The van der Waals surface area contributed by atoms with Crippen molar-refractivity contribution < 1.29 is 4.74 Å². The Morgan fingerprint density at radius 1 is 0.365 bits per heavy atom. The van der Waals surface area contributed by atoms with E-state index in [1.165, 1.54) is 94.2 Å². The van der Waals surface area contributed by atoms with Crippen molar-refractivity contribution >= 4 is 27.8 Å². The Hall–Kier alpha value is -9.24. The molecular weight excluding hydrogens is 895 g/mol. The van der Waals surface area contributed by atoms with Gasteiger partial charge in [0.15, 0.2) is 0 Å². The number of ether oxygens (including phenoxy) is 1. The summed E-state index contributed by atoms with van der Waals surface area (Å²) in [5, 5.41) is 2.47. The van der Waals surface area contributed by atoms with Gasteiger partial charge in [0, 0.05) is 28.4 Å². The Morgan fingerprint density at radius 3 is 1.74 bits per heavy atom. The highest BCUT2D eigenvalue weighted by Crippen LogP contribution is 2.64. The smallest absolute Gasteiger partial charge is 0.125 e. The molecule has 0 saturated carbocycles. The second-order valence-electron chi connectivity index (χ2n) is 20.1. The molecule has 0 radical (unpaired) electrons. The van der Waals surface area contributed by atoms with Gasteiger partial charge in [-0.25, -0.2) is 0 Å². The number of hydrogen-bond donors (Lipinski definition) is 0. The number of fused-ring (bicyclic) bond motifs is 13. The summed E-state index contributed by atoms with van der Waals surface area (Å²) in [6.07, 6.45) is 8.86. The molecule has 11 aromatic carbocycles. The molecule has 15 rings (SSSR count). The van der Waals surface area contributed by atoms with E-state index in [0.717, 1.165) is 22.8 Å². The first-order valence-electron chi connectivity index (χ1n) is 25.9. The summed E-state index contributed by atoms with van der Waals surface area (Å²) in [5.74, 6) is 0.971. The van der Waals surface area contributed by atoms with Gasteiger partial charge < -0.3 is 9.64 Å². The van der Waals surface area contributed by atoms with Crippen LogP contribution in [0.5, 0.6) is 5.75 Å². The first-order valence-corrected chi connectivity index (χ1v) is 25.9. The average Bonchev–Trinajstić information content (AvgIpc) is 4.05. The summed E-state index contributed by atoms with van der Waals surface area (Å²) < 4.78 is 6.89. The monoisotopic (exact) mass is 943 g/mol. The van der Waals surface area contributed by atoms with Crippen LogP contribution in [0.1, 0.15) is 38.9 Å². The van der Waals surface area contributed by atoms with E-state index in [1.54, 1.807) is 0 Å². The van der Waals surface area contributed by atoms with Crippen LogP contribution < -0.4 is 9.64 Å². The lowest BCUT2D eigenvalue weighted by molar-refractivity contribution is 0.141.